The van der Waals surface area contributed by atoms with Crippen molar-refractivity contribution in [1.29, 1.82) is 0 Å². The second kappa shape index (κ2) is 28.0. The van der Waals surface area contributed by atoms with Gasteiger partial charge >= 0.3 is 35.4 Å². The normalized spacial score (nSPS) is 22.1. The summed E-state index contributed by atoms with van der Waals surface area (Å²) in [6.45, 7) is 1.99. The number of aliphatic hydroxyl groups is 3. The summed E-state index contributed by atoms with van der Waals surface area (Å²) in [5.74, 6) is 16.6. The average molecular weight is 871 g/mol. The summed E-state index contributed by atoms with van der Waals surface area (Å²) >= 11 is 0. The molecule has 8 N–H and O–H groups in total. The SMILES string of the molecule is CC#CC#CC#CC#CC(=O)OC[C@H](COP(=O)(O)OC1C(O)[C@@H](O)C(OP(=O)(O)O)[C@@H](OP(=O)(O)O)[C@H]1O)OC(=O)CCCCCCCCCCCCCCC. The smallest absolute Gasteiger partial charge is 0.456 e. The van der Waals surface area contributed by atoms with Crippen molar-refractivity contribution in [3.8, 4) is 47.4 Å². The van der Waals surface area contributed by atoms with E-state index in [2.05, 4.69) is 57.4 Å². The van der Waals surface area contributed by atoms with Gasteiger partial charge in [0.15, 0.2) is 6.10 Å². The van der Waals surface area contributed by atoms with E-state index in [0.29, 0.717) is 6.42 Å². The van der Waals surface area contributed by atoms with Gasteiger partial charge < -0.3 is 49.3 Å². The first kappa shape index (κ1) is 52.4. The number of ether oxygens (including phenoxy) is 2. The molecule has 57 heavy (non-hydrogen) atoms. The highest BCUT2D eigenvalue weighted by Crippen LogP contribution is 2.51. The Morgan fingerprint density at radius 2 is 1.05 bits per heavy atom. The first-order chi connectivity index (χ1) is 26.8. The molecule has 8 atom stereocenters. The summed E-state index contributed by atoms with van der Waals surface area (Å²) < 4.78 is 64.3. The number of phosphoric ester groups is 3. The Bertz CT molecular complexity index is 1650. The van der Waals surface area contributed by atoms with Gasteiger partial charge in [0.25, 0.3) is 0 Å². The molecule has 0 aromatic heterocycles. The van der Waals surface area contributed by atoms with Gasteiger partial charge in [-0.2, -0.15) is 0 Å². The van der Waals surface area contributed by atoms with E-state index in [-0.39, 0.29) is 6.42 Å². The minimum Gasteiger partial charge on any atom is -0.456 e. The quantitative estimate of drug-likeness (QED) is 0.0204. The molecule has 1 aliphatic carbocycles. The molecular formula is C35H53O19P3. The number of carbonyl (C=O) groups excluding carboxylic acids is 2. The number of phosphoric acid groups is 3. The van der Waals surface area contributed by atoms with Crippen molar-refractivity contribution in [3.63, 3.8) is 0 Å². The number of esters is 2. The van der Waals surface area contributed by atoms with Gasteiger partial charge in [-0.3, -0.25) is 22.9 Å². The van der Waals surface area contributed by atoms with Gasteiger partial charge in [-0.15, -0.1) is 0 Å². The molecule has 0 aromatic carbocycles. The third-order valence-electron chi connectivity index (χ3n) is 8.00. The van der Waals surface area contributed by atoms with Gasteiger partial charge in [0.05, 0.1) is 6.61 Å². The Labute approximate surface area is 332 Å². The van der Waals surface area contributed by atoms with Crippen LogP contribution in [0.3, 0.4) is 0 Å². The molecule has 322 valence electrons. The molecule has 0 radical (unpaired) electrons. The third kappa shape index (κ3) is 24.8. The maximum atomic E-state index is 12.9. The second-order valence-electron chi connectivity index (χ2n) is 12.8. The van der Waals surface area contributed by atoms with Crippen LogP contribution in [0.25, 0.3) is 0 Å². The van der Waals surface area contributed by atoms with Crippen molar-refractivity contribution in [3.05, 3.63) is 0 Å². The van der Waals surface area contributed by atoms with E-state index >= 15 is 0 Å². The van der Waals surface area contributed by atoms with Crippen LogP contribution in [0.15, 0.2) is 0 Å². The molecule has 1 aliphatic rings. The summed E-state index contributed by atoms with van der Waals surface area (Å²) in [6, 6.07) is 0. The molecule has 0 bridgehead atoms. The number of hydrogen-bond donors (Lipinski definition) is 8. The number of carbonyl (C=O) groups is 2. The van der Waals surface area contributed by atoms with E-state index in [1.807, 2.05) is 5.92 Å². The minimum absolute atomic E-state index is 0.0640. The third-order valence-corrected chi connectivity index (χ3v) is 10.0. The molecule has 4 unspecified atom stereocenters. The van der Waals surface area contributed by atoms with Gasteiger partial charge in [-0.25, -0.2) is 18.5 Å². The van der Waals surface area contributed by atoms with Gasteiger partial charge in [-0.1, -0.05) is 89.9 Å². The molecule has 0 aliphatic heterocycles. The zero-order valence-electron chi connectivity index (χ0n) is 31.8. The first-order valence-corrected chi connectivity index (χ1v) is 22.8. The van der Waals surface area contributed by atoms with Crippen molar-refractivity contribution in [2.75, 3.05) is 13.2 Å². The first-order valence-electron chi connectivity index (χ1n) is 18.3. The van der Waals surface area contributed by atoms with Crippen molar-refractivity contribution in [2.24, 2.45) is 0 Å². The van der Waals surface area contributed by atoms with Gasteiger partial charge in [0.2, 0.25) is 0 Å². The van der Waals surface area contributed by atoms with Crippen LogP contribution in [-0.2, 0) is 50.9 Å². The fourth-order valence-electron chi connectivity index (χ4n) is 5.34. The number of unbranched alkanes of at least 4 members (excludes halogenated alkanes) is 12. The molecule has 1 rings (SSSR count). The summed E-state index contributed by atoms with van der Waals surface area (Å²) in [5.41, 5.74) is 0. The van der Waals surface area contributed by atoms with Crippen LogP contribution >= 0.6 is 23.5 Å². The van der Waals surface area contributed by atoms with Crippen LogP contribution < -0.4 is 0 Å². The van der Waals surface area contributed by atoms with E-state index in [1.54, 1.807) is 6.92 Å². The molecule has 0 saturated heterocycles. The van der Waals surface area contributed by atoms with E-state index in [9.17, 15) is 53.3 Å². The lowest BCUT2D eigenvalue weighted by molar-refractivity contribution is -0.213. The number of rotatable bonds is 26. The molecule has 1 saturated carbocycles. The number of aliphatic hydroxyl groups excluding tert-OH is 3. The zero-order valence-corrected chi connectivity index (χ0v) is 34.4. The predicted octanol–water partition coefficient (Wildman–Crippen LogP) is 2.51. The van der Waals surface area contributed by atoms with Gasteiger partial charge in [0, 0.05) is 12.3 Å². The fourth-order valence-corrected chi connectivity index (χ4v) is 7.43. The van der Waals surface area contributed by atoms with Gasteiger partial charge in [-0.05, 0) is 48.9 Å². The van der Waals surface area contributed by atoms with Crippen LogP contribution in [0, 0.1) is 47.4 Å². The molecule has 1 fully saturated rings. The minimum atomic E-state index is -5.61. The highest BCUT2D eigenvalue weighted by atomic mass is 31.2. The van der Waals surface area contributed by atoms with E-state index in [0.717, 1.165) is 32.1 Å². The summed E-state index contributed by atoms with van der Waals surface area (Å²) in [6.07, 6.45) is -2.80. The second-order valence-corrected chi connectivity index (χ2v) is 16.5. The Hall–Kier alpha value is -2.61. The monoisotopic (exact) mass is 870 g/mol. The average Bonchev–Trinajstić information content (AvgIpc) is 3.12. The van der Waals surface area contributed by atoms with E-state index < -0.39 is 91.3 Å². The van der Waals surface area contributed by atoms with Crippen molar-refractivity contribution < 1.29 is 90.6 Å². The van der Waals surface area contributed by atoms with Crippen molar-refractivity contribution in [2.45, 2.75) is 146 Å². The molecule has 0 amide bonds. The number of hydrogen-bond acceptors (Lipinski definition) is 14. The molecule has 19 nitrogen and oxygen atoms in total. The standard InChI is InChI=1S/C35H53O19P3/c1-3-5-7-9-11-12-13-14-15-16-18-20-22-24-29(37)51-27(25-49-28(36)23-21-19-17-10-8-6-4-2)26-50-57(47,48)54-33-30(38)31(39)34(52-55(41,42)43)35(32(33)40)53-56(44,45)46/h27,30-35,38-40H,3,5,7,9,11-16,18,20,22,24-26H2,1-2H3,(H,47,48)(H2,41,42,43)(H2,44,45,46)/t27-,30?,31-,32+,33?,34?,35+/m1/s1. The lowest BCUT2D eigenvalue weighted by Crippen LogP contribution is -2.65. The lowest BCUT2D eigenvalue weighted by Gasteiger charge is -2.44. The van der Waals surface area contributed by atoms with E-state index in [4.69, 9.17) is 28.3 Å². The molecule has 0 heterocycles. The molecule has 0 spiro atoms. The Morgan fingerprint density at radius 1 is 0.596 bits per heavy atom. The topological polar surface area (TPSA) is 303 Å². The highest BCUT2D eigenvalue weighted by molar-refractivity contribution is 7.47. The van der Waals surface area contributed by atoms with Crippen LogP contribution in [-0.4, -0.2) is 108 Å². The summed E-state index contributed by atoms with van der Waals surface area (Å²) in [7, 11) is -16.7. The zero-order chi connectivity index (χ0) is 42.9. The predicted molar refractivity (Wildman–Crippen MR) is 200 cm³/mol. The van der Waals surface area contributed by atoms with Crippen molar-refractivity contribution in [1.82, 2.24) is 0 Å². The maximum absolute atomic E-state index is 12.9. The van der Waals surface area contributed by atoms with Crippen LogP contribution in [0.1, 0.15) is 104 Å². The Balaban J connectivity index is 2.91. The Morgan fingerprint density at radius 3 is 1.56 bits per heavy atom. The van der Waals surface area contributed by atoms with Crippen LogP contribution in [0.2, 0.25) is 0 Å². The van der Waals surface area contributed by atoms with Gasteiger partial charge in [0.1, 0.15) is 43.2 Å². The lowest BCUT2D eigenvalue weighted by atomic mass is 9.85. The molecule has 0 aromatic rings. The maximum Gasteiger partial charge on any atom is 0.472 e. The summed E-state index contributed by atoms with van der Waals surface area (Å²) in [4.78, 5) is 72.1. The molecular weight excluding hydrogens is 817 g/mol. The largest absolute Gasteiger partial charge is 0.472 e. The fraction of sp³-hybridized carbons (Fsp3) is 0.714. The van der Waals surface area contributed by atoms with Crippen molar-refractivity contribution >= 4 is 35.4 Å². The summed E-state index contributed by atoms with van der Waals surface area (Å²) in [5, 5.41) is 31.6. The van der Waals surface area contributed by atoms with E-state index in [1.165, 1.54) is 44.9 Å². The van der Waals surface area contributed by atoms with Crippen LogP contribution in [0.5, 0.6) is 0 Å². The van der Waals surface area contributed by atoms with Crippen LogP contribution in [0.4, 0.5) is 0 Å². The highest BCUT2D eigenvalue weighted by Gasteiger charge is 2.56. The molecule has 22 heteroatoms. The Kier molecular flexibility index (Phi) is 25.7.